The van der Waals surface area contributed by atoms with Gasteiger partial charge in [0.1, 0.15) is 7.85 Å². The van der Waals surface area contributed by atoms with E-state index in [1.807, 2.05) is 37.2 Å². The molecule has 0 aliphatic carbocycles. The third-order valence-electron chi connectivity index (χ3n) is 1.59. The van der Waals surface area contributed by atoms with E-state index >= 15 is 0 Å². The van der Waals surface area contributed by atoms with Crippen LogP contribution in [0.1, 0.15) is 6.92 Å². The summed E-state index contributed by atoms with van der Waals surface area (Å²) in [6.45, 7) is 2.03. The van der Waals surface area contributed by atoms with Crippen LogP contribution in [0.25, 0.3) is 0 Å². The predicted molar refractivity (Wildman–Crippen MR) is 40.2 cm³/mol. The van der Waals surface area contributed by atoms with Gasteiger partial charge in [0, 0.05) is 13.0 Å². The Morgan fingerprint density at radius 1 is 1.67 bits per heavy atom. The lowest BCUT2D eigenvalue weighted by molar-refractivity contribution is 0.451. The molecule has 1 nitrogen and oxygen atoms in total. The molecular weight excluding hydrogens is 109 g/mol. The monoisotopic (exact) mass is 119 g/mol. The number of likely N-dealkylation sites (N-methyl/N-ethyl adjacent to an activating group) is 1. The average Bonchev–Trinajstić information content (AvgIpc) is 1.83. The third-order valence-corrected chi connectivity index (χ3v) is 1.59. The fraction of sp³-hybridized carbons (Fsp3) is 0.429. The number of allylic oxidation sites excluding steroid dienone is 2. The number of hydrogen-bond donors (Lipinski definition) is 0. The van der Waals surface area contributed by atoms with E-state index in [-0.39, 0.29) is 5.94 Å². The molecule has 9 heavy (non-hydrogen) atoms. The maximum absolute atomic E-state index is 5.73. The first-order valence-corrected chi connectivity index (χ1v) is 3.04. The van der Waals surface area contributed by atoms with Gasteiger partial charge in [-0.05, 0) is 19.2 Å². The molecule has 0 saturated carbocycles. The molecule has 0 aromatic rings. The minimum Gasteiger partial charge on any atom is -0.383 e. The lowest BCUT2D eigenvalue weighted by Crippen LogP contribution is -2.29. The smallest absolute Gasteiger partial charge is 0.105 e. The van der Waals surface area contributed by atoms with Crippen LogP contribution in [-0.2, 0) is 0 Å². The largest absolute Gasteiger partial charge is 0.383 e. The summed E-state index contributed by atoms with van der Waals surface area (Å²) in [6.07, 6.45) is 6.00. The van der Waals surface area contributed by atoms with Crippen LogP contribution in [0.3, 0.4) is 0 Å². The zero-order valence-corrected chi connectivity index (χ0v) is 5.83. The SMILES string of the molecule is [B]C1C(C)=CC=CN1C. The van der Waals surface area contributed by atoms with Crippen LogP contribution >= 0.6 is 0 Å². The standard InChI is InChI=1S/C7H10BN/c1-6-4-3-5-9(2)7(6)8/h3-5,7H,1-2H3. The summed E-state index contributed by atoms with van der Waals surface area (Å²) in [7, 11) is 7.70. The van der Waals surface area contributed by atoms with Crippen molar-refractivity contribution >= 4 is 7.85 Å². The van der Waals surface area contributed by atoms with E-state index in [1.54, 1.807) is 0 Å². The summed E-state index contributed by atoms with van der Waals surface area (Å²) in [6, 6.07) is 0. The molecule has 1 unspecified atom stereocenters. The van der Waals surface area contributed by atoms with E-state index < -0.39 is 0 Å². The normalized spacial score (nSPS) is 26.2. The van der Waals surface area contributed by atoms with E-state index in [1.165, 1.54) is 5.57 Å². The highest BCUT2D eigenvalue weighted by Gasteiger charge is 2.07. The first-order chi connectivity index (χ1) is 4.22. The Labute approximate surface area is 57.5 Å². The molecule has 0 amide bonds. The summed E-state index contributed by atoms with van der Waals surface area (Å²) in [5.41, 5.74) is 1.21. The molecule has 0 fully saturated rings. The van der Waals surface area contributed by atoms with Crippen molar-refractivity contribution in [2.75, 3.05) is 7.05 Å². The molecule has 2 heteroatoms. The second-order valence-electron chi connectivity index (χ2n) is 2.36. The molecule has 1 rings (SSSR count). The summed E-state index contributed by atoms with van der Waals surface area (Å²) in [4.78, 5) is 1.98. The van der Waals surface area contributed by atoms with Gasteiger partial charge < -0.3 is 4.90 Å². The second kappa shape index (κ2) is 2.30. The van der Waals surface area contributed by atoms with E-state index in [0.29, 0.717) is 0 Å². The quantitative estimate of drug-likeness (QED) is 0.428. The predicted octanol–water partition coefficient (Wildman–Crippen LogP) is 0.886. The van der Waals surface area contributed by atoms with E-state index in [4.69, 9.17) is 7.85 Å². The van der Waals surface area contributed by atoms with E-state index in [2.05, 4.69) is 0 Å². The summed E-state index contributed by atoms with van der Waals surface area (Å²) < 4.78 is 0. The molecule has 2 radical (unpaired) electrons. The van der Waals surface area contributed by atoms with Crippen molar-refractivity contribution in [2.45, 2.75) is 12.9 Å². The van der Waals surface area contributed by atoms with Crippen LogP contribution in [0.15, 0.2) is 23.9 Å². The summed E-state index contributed by atoms with van der Waals surface area (Å²) in [5, 5.41) is 0. The van der Waals surface area contributed by atoms with E-state index in [9.17, 15) is 0 Å². The van der Waals surface area contributed by atoms with Crippen LogP contribution in [0.5, 0.6) is 0 Å². The van der Waals surface area contributed by atoms with Gasteiger partial charge >= 0.3 is 0 Å². The van der Waals surface area contributed by atoms with Crippen LogP contribution in [0.4, 0.5) is 0 Å². The molecule has 1 aliphatic rings. The Hall–Kier alpha value is -0.655. The molecule has 0 spiro atoms. The fourth-order valence-electron chi connectivity index (χ4n) is 0.843. The number of rotatable bonds is 0. The highest BCUT2D eigenvalue weighted by Crippen LogP contribution is 2.09. The van der Waals surface area contributed by atoms with Crippen LogP contribution in [0.2, 0.25) is 0 Å². The van der Waals surface area contributed by atoms with Gasteiger partial charge in [0.25, 0.3) is 0 Å². The number of hydrogen-bond acceptors (Lipinski definition) is 1. The third kappa shape index (κ3) is 1.18. The zero-order valence-electron chi connectivity index (χ0n) is 5.83. The Morgan fingerprint density at radius 2 is 2.33 bits per heavy atom. The Kier molecular flexibility index (Phi) is 1.65. The highest BCUT2D eigenvalue weighted by atomic mass is 15.1. The van der Waals surface area contributed by atoms with Crippen molar-refractivity contribution in [3.63, 3.8) is 0 Å². The molecule has 1 heterocycles. The lowest BCUT2D eigenvalue weighted by atomic mass is 9.87. The molecule has 1 atom stereocenters. The van der Waals surface area contributed by atoms with Gasteiger partial charge in [-0.25, -0.2) is 0 Å². The molecule has 0 aromatic heterocycles. The molecule has 0 aromatic carbocycles. The topological polar surface area (TPSA) is 3.24 Å². The fourth-order valence-corrected chi connectivity index (χ4v) is 0.843. The molecule has 0 bridgehead atoms. The second-order valence-corrected chi connectivity index (χ2v) is 2.36. The van der Waals surface area contributed by atoms with Gasteiger partial charge in [-0.15, -0.1) is 0 Å². The Morgan fingerprint density at radius 3 is 2.78 bits per heavy atom. The minimum absolute atomic E-state index is 0.0787. The molecular formula is C7H10BN. The zero-order chi connectivity index (χ0) is 6.85. The van der Waals surface area contributed by atoms with Crippen LogP contribution in [0, 0.1) is 0 Å². The van der Waals surface area contributed by atoms with Gasteiger partial charge in [0.2, 0.25) is 0 Å². The van der Waals surface area contributed by atoms with E-state index in [0.717, 1.165) is 0 Å². The maximum atomic E-state index is 5.73. The van der Waals surface area contributed by atoms with Crippen LogP contribution in [-0.4, -0.2) is 25.7 Å². The average molecular weight is 119 g/mol. The molecule has 0 N–H and O–H groups in total. The van der Waals surface area contributed by atoms with Gasteiger partial charge in [-0.2, -0.15) is 0 Å². The van der Waals surface area contributed by atoms with Gasteiger partial charge in [-0.3, -0.25) is 0 Å². The highest BCUT2D eigenvalue weighted by molar-refractivity contribution is 6.13. The molecule has 1 aliphatic heterocycles. The van der Waals surface area contributed by atoms with Crippen LogP contribution < -0.4 is 0 Å². The Balaban J connectivity index is 2.73. The van der Waals surface area contributed by atoms with Crippen molar-refractivity contribution in [1.29, 1.82) is 0 Å². The van der Waals surface area contributed by atoms with Gasteiger partial charge in [0.05, 0.1) is 0 Å². The van der Waals surface area contributed by atoms with Crippen molar-refractivity contribution < 1.29 is 0 Å². The minimum atomic E-state index is 0.0787. The first-order valence-electron chi connectivity index (χ1n) is 3.04. The van der Waals surface area contributed by atoms with Gasteiger partial charge in [-0.1, -0.05) is 11.6 Å². The van der Waals surface area contributed by atoms with Crippen molar-refractivity contribution in [3.8, 4) is 0 Å². The van der Waals surface area contributed by atoms with Gasteiger partial charge in [0.15, 0.2) is 0 Å². The van der Waals surface area contributed by atoms with Crippen molar-refractivity contribution in [1.82, 2.24) is 4.90 Å². The molecule has 46 valence electrons. The van der Waals surface area contributed by atoms with Crippen molar-refractivity contribution in [2.24, 2.45) is 0 Å². The lowest BCUT2D eigenvalue weighted by Gasteiger charge is -2.26. The molecule has 0 saturated heterocycles. The maximum Gasteiger partial charge on any atom is 0.105 e. The first kappa shape index (κ1) is 6.46. The number of nitrogens with zero attached hydrogens (tertiary/aromatic N) is 1. The Bertz CT molecular complexity index is 160. The van der Waals surface area contributed by atoms with Crippen molar-refractivity contribution in [3.05, 3.63) is 23.9 Å². The summed E-state index contributed by atoms with van der Waals surface area (Å²) >= 11 is 0. The summed E-state index contributed by atoms with van der Waals surface area (Å²) in [5.74, 6) is 0.0787.